The number of benzene rings is 1. The van der Waals surface area contributed by atoms with E-state index in [0.717, 1.165) is 12.3 Å². The van der Waals surface area contributed by atoms with Gasteiger partial charge in [-0.15, -0.1) is 0 Å². The Kier molecular flexibility index (Phi) is 5.52. The van der Waals surface area contributed by atoms with Crippen LogP contribution < -0.4 is 15.6 Å². The Morgan fingerprint density at radius 2 is 1.82 bits per heavy atom. The Morgan fingerprint density at radius 3 is 2.39 bits per heavy atom. The van der Waals surface area contributed by atoms with Gasteiger partial charge in [-0.1, -0.05) is 0 Å². The number of aromatic carboxylic acids is 1. The van der Waals surface area contributed by atoms with Crippen molar-refractivity contribution in [1.29, 1.82) is 0 Å². The first-order valence-electron chi connectivity index (χ1n) is 10.1. The van der Waals surface area contributed by atoms with Crippen LogP contribution >= 0.6 is 0 Å². The van der Waals surface area contributed by atoms with E-state index in [-0.39, 0.29) is 36.5 Å². The van der Waals surface area contributed by atoms with Gasteiger partial charge in [-0.3, -0.25) is 4.79 Å². The molecule has 1 saturated carbocycles. The predicted octanol–water partition coefficient (Wildman–Crippen LogP) is 1.53. The Labute approximate surface area is 184 Å². The van der Waals surface area contributed by atoms with Gasteiger partial charge in [-0.2, -0.15) is 0 Å². The normalized spacial score (nSPS) is 18.5. The van der Waals surface area contributed by atoms with Gasteiger partial charge in [0.05, 0.1) is 17.0 Å². The highest BCUT2D eigenvalue weighted by Gasteiger charge is 2.33. The molecule has 1 aromatic heterocycles. The number of halogens is 2. The first kappa shape index (κ1) is 22.2. The first-order valence-corrected chi connectivity index (χ1v) is 10.1. The lowest BCUT2D eigenvalue weighted by Gasteiger charge is -2.23. The monoisotopic (exact) mass is 463 g/mol. The summed E-state index contributed by atoms with van der Waals surface area (Å²) >= 11 is 0. The third-order valence-corrected chi connectivity index (χ3v) is 5.72. The van der Waals surface area contributed by atoms with E-state index in [2.05, 4.69) is 5.32 Å². The molecule has 0 amide bonds. The summed E-state index contributed by atoms with van der Waals surface area (Å²) in [6.07, 6.45) is 3.17. The van der Waals surface area contributed by atoms with Crippen LogP contribution in [0.2, 0.25) is 0 Å². The van der Waals surface area contributed by atoms with Crippen LogP contribution in [0.1, 0.15) is 35.7 Å². The highest BCUT2D eigenvalue weighted by atomic mass is 19.1. The minimum Gasteiger partial charge on any atom is -0.478 e. The molecule has 2 fully saturated rings. The zero-order valence-corrected chi connectivity index (χ0v) is 17.0. The molecular formula is C21H19F2N3O7. The van der Waals surface area contributed by atoms with Crippen molar-refractivity contribution in [3.8, 4) is 0 Å². The van der Waals surface area contributed by atoms with Crippen LogP contribution in [0.3, 0.4) is 0 Å². The minimum atomic E-state index is -1.49. The van der Waals surface area contributed by atoms with Gasteiger partial charge in [-0.25, -0.2) is 23.2 Å². The smallest absolute Gasteiger partial charge is 0.352 e. The number of fused-ring (bicyclic) bond motifs is 1. The van der Waals surface area contributed by atoms with Crippen molar-refractivity contribution >= 4 is 34.5 Å². The van der Waals surface area contributed by atoms with Crippen molar-refractivity contribution in [1.82, 2.24) is 9.88 Å². The second kappa shape index (κ2) is 8.19. The summed E-state index contributed by atoms with van der Waals surface area (Å²) in [6.45, 7) is 0.113. The Bertz CT molecular complexity index is 1280. The van der Waals surface area contributed by atoms with Gasteiger partial charge in [-0.05, 0) is 25.3 Å². The molecule has 10 nitrogen and oxygen atoms in total. The lowest BCUT2D eigenvalue weighted by molar-refractivity contribution is -0.135. The molecule has 0 bridgehead atoms. The van der Waals surface area contributed by atoms with Crippen molar-refractivity contribution in [3.63, 3.8) is 0 Å². The molecule has 1 saturated heterocycles. The summed E-state index contributed by atoms with van der Waals surface area (Å²) in [6, 6.07) is 0.0299. The number of hydrogen-bond donors (Lipinski definition) is 4. The summed E-state index contributed by atoms with van der Waals surface area (Å²) in [5.41, 5.74) is -2.71. The molecule has 4 rings (SSSR count). The van der Waals surface area contributed by atoms with Gasteiger partial charge in [0, 0.05) is 31.4 Å². The van der Waals surface area contributed by atoms with Crippen molar-refractivity contribution in [2.24, 2.45) is 0 Å². The van der Waals surface area contributed by atoms with Gasteiger partial charge in [0.1, 0.15) is 22.8 Å². The molecule has 4 N–H and O–H groups in total. The van der Waals surface area contributed by atoms with Gasteiger partial charge >= 0.3 is 17.9 Å². The van der Waals surface area contributed by atoms with Crippen LogP contribution in [0.5, 0.6) is 0 Å². The van der Waals surface area contributed by atoms with Crippen LogP contribution in [0.4, 0.5) is 14.5 Å². The highest BCUT2D eigenvalue weighted by molar-refractivity contribution is 5.95. The maximum absolute atomic E-state index is 15.6. The Hall–Kier alpha value is -3.96. The Morgan fingerprint density at radius 1 is 1.12 bits per heavy atom. The number of hydrogen-bond acceptors (Lipinski definition) is 6. The van der Waals surface area contributed by atoms with Crippen LogP contribution in [0.25, 0.3) is 10.9 Å². The largest absolute Gasteiger partial charge is 0.478 e. The molecule has 1 unspecified atom stereocenters. The second-order valence-electron chi connectivity index (χ2n) is 8.01. The van der Waals surface area contributed by atoms with E-state index in [9.17, 15) is 24.3 Å². The van der Waals surface area contributed by atoms with E-state index >= 15 is 8.78 Å². The summed E-state index contributed by atoms with van der Waals surface area (Å²) < 4.78 is 32.0. The zero-order valence-electron chi connectivity index (χ0n) is 17.0. The molecule has 12 heteroatoms. The van der Waals surface area contributed by atoms with Gasteiger partial charge < -0.3 is 30.1 Å². The molecule has 1 atom stereocenters. The predicted molar refractivity (Wildman–Crippen MR) is 110 cm³/mol. The number of rotatable bonds is 7. The maximum atomic E-state index is 15.6. The Balaban J connectivity index is 1.74. The molecule has 0 radical (unpaired) electrons. The molecular weight excluding hydrogens is 444 g/mol. The first-order chi connectivity index (χ1) is 15.6. The fourth-order valence-electron chi connectivity index (χ4n) is 4.10. The number of carboxylic acids is 3. The molecule has 33 heavy (non-hydrogen) atoms. The standard InChI is InChI=1S/C21H19F2N3O7/c22-13-5-11-17(26(10-1-2-10)8-12(19(11)29)20(30)31)16(23)18(13)25-4-3-9(7-25)24-14(21(32)33)6-15(27)28/h5-6,8-10,24H,1-4,7H2,(H,27,28)(H,30,31)(H,32,33)/b14-6+. The fourth-order valence-corrected chi connectivity index (χ4v) is 4.10. The highest BCUT2D eigenvalue weighted by Crippen LogP contribution is 2.40. The van der Waals surface area contributed by atoms with Crippen LogP contribution in [0.15, 0.2) is 28.8 Å². The lowest BCUT2D eigenvalue weighted by Crippen LogP contribution is -2.35. The topological polar surface area (TPSA) is 149 Å². The minimum absolute atomic E-state index is 0.0234. The quantitative estimate of drug-likeness (QED) is 0.449. The maximum Gasteiger partial charge on any atom is 0.352 e. The molecule has 2 heterocycles. The van der Waals surface area contributed by atoms with E-state index in [1.807, 2.05) is 0 Å². The van der Waals surface area contributed by atoms with E-state index in [4.69, 9.17) is 10.2 Å². The van der Waals surface area contributed by atoms with Crippen LogP contribution in [-0.4, -0.2) is 56.9 Å². The summed E-state index contributed by atoms with van der Waals surface area (Å²) in [7, 11) is 0. The van der Waals surface area contributed by atoms with Gasteiger partial charge in [0.25, 0.3) is 0 Å². The molecule has 0 spiro atoms. The summed E-state index contributed by atoms with van der Waals surface area (Å²) in [5.74, 6) is -6.49. The van der Waals surface area contributed by atoms with Crippen molar-refractivity contribution in [3.05, 3.63) is 51.5 Å². The molecule has 1 aliphatic carbocycles. The number of aliphatic carboxylic acids is 2. The third kappa shape index (κ3) is 4.11. The molecule has 2 aliphatic rings. The van der Waals surface area contributed by atoms with E-state index in [0.29, 0.717) is 18.9 Å². The molecule has 174 valence electrons. The lowest BCUT2D eigenvalue weighted by atomic mass is 10.1. The second-order valence-corrected chi connectivity index (χ2v) is 8.01. The number of nitrogens with zero attached hydrogens (tertiary/aromatic N) is 2. The summed E-state index contributed by atoms with van der Waals surface area (Å²) in [5, 5.41) is 29.5. The van der Waals surface area contributed by atoms with Crippen LogP contribution in [-0.2, 0) is 9.59 Å². The number of anilines is 1. The zero-order chi connectivity index (χ0) is 24.0. The fraction of sp³-hybridized carbons (Fsp3) is 0.333. The average Bonchev–Trinajstić information content (AvgIpc) is 3.47. The number of carbonyl (C=O) groups is 3. The van der Waals surface area contributed by atoms with E-state index in [1.54, 1.807) is 0 Å². The van der Waals surface area contributed by atoms with Crippen molar-refractivity contribution in [2.45, 2.75) is 31.3 Å². The molecule has 2 aromatic rings. The summed E-state index contributed by atoms with van der Waals surface area (Å²) in [4.78, 5) is 47.4. The SMILES string of the molecule is O=C(O)/C=C(/NC1CCN(c2c(F)cc3c(=O)c(C(=O)O)cn(C4CC4)c3c2F)C1)C(=O)O. The van der Waals surface area contributed by atoms with Crippen molar-refractivity contribution < 1.29 is 38.5 Å². The number of pyridine rings is 1. The van der Waals surface area contributed by atoms with E-state index in [1.165, 1.54) is 9.47 Å². The molecule has 1 aromatic carbocycles. The van der Waals surface area contributed by atoms with Crippen LogP contribution in [0, 0.1) is 11.6 Å². The number of carboxylic acid groups (broad SMARTS) is 3. The van der Waals surface area contributed by atoms with Gasteiger partial charge in [0.2, 0.25) is 5.43 Å². The van der Waals surface area contributed by atoms with E-state index < -0.39 is 58.0 Å². The number of aromatic nitrogens is 1. The average molecular weight is 463 g/mol. The number of nitrogens with one attached hydrogen (secondary N) is 1. The molecule has 1 aliphatic heterocycles. The van der Waals surface area contributed by atoms with Gasteiger partial charge in [0.15, 0.2) is 5.82 Å². The van der Waals surface area contributed by atoms with Crippen molar-refractivity contribution in [2.75, 3.05) is 18.0 Å². The third-order valence-electron chi connectivity index (χ3n) is 5.72.